The number of aromatic nitrogens is 1. The quantitative estimate of drug-likeness (QED) is 0.623. The van der Waals surface area contributed by atoms with Gasteiger partial charge < -0.3 is 0 Å². The Morgan fingerprint density at radius 2 is 2.15 bits per heavy atom. The molecule has 1 N–H and O–H groups in total. The minimum Gasteiger partial charge on any atom is -0.298 e. The Morgan fingerprint density at radius 3 is 2.85 bits per heavy atom. The van der Waals surface area contributed by atoms with Crippen molar-refractivity contribution in [3.05, 3.63) is 28.0 Å². The largest absolute Gasteiger partial charge is 0.298 e. The molecule has 2 rings (SSSR count). The summed E-state index contributed by atoms with van der Waals surface area (Å²) < 4.78 is 2.65. The molecule has 0 amide bonds. The van der Waals surface area contributed by atoms with Gasteiger partial charge in [0.15, 0.2) is 0 Å². The molecule has 13 heavy (non-hydrogen) atoms. The van der Waals surface area contributed by atoms with E-state index in [1.165, 1.54) is 0 Å². The standard InChI is InChI=1S/C8H5Cl2IN2/c9-12-6-3-5-1-2-13(10)8(5)7(11)4-6/h1-4,12H. The van der Waals surface area contributed by atoms with Crippen LogP contribution < -0.4 is 4.84 Å². The van der Waals surface area contributed by atoms with Gasteiger partial charge in [-0.15, -0.1) is 0 Å². The Labute approximate surface area is 99.2 Å². The average molecular weight is 327 g/mol. The van der Waals surface area contributed by atoms with E-state index in [2.05, 4.69) is 27.4 Å². The first kappa shape index (κ1) is 9.43. The highest BCUT2D eigenvalue weighted by molar-refractivity contribution is 14.1. The van der Waals surface area contributed by atoms with E-state index >= 15 is 0 Å². The molecule has 0 atom stereocenters. The van der Waals surface area contributed by atoms with Gasteiger partial charge in [0.1, 0.15) is 0 Å². The zero-order chi connectivity index (χ0) is 9.42. The van der Waals surface area contributed by atoms with Crippen LogP contribution in [0.5, 0.6) is 0 Å². The molecule has 0 bridgehead atoms. The van der Waals surface area contributed by atoms with Gasteiger partial charge in [-0.05, 0) is 40.8 Å². The van der Waals surface area contributed by atoms with Crippen molar-refractivity contribution in [3.8, 4) is 0 Å². The van der Waals surface area contributed by atoms with Gasteiger partial charge in [0.05, 0.1) is 11.2 Å². The maximum absolute atomic E-state index is 5.93. The minimum absolute atomic E-state index is 0.876. The molecule has 5 heteroatoms. The van der Waals surface area contributed by atoms with E-state index < -0.39 is 0 Å². The molecule has 0 aliphatic heterocycles. The highest BCUT2D eigenvalue weighted by atomic mass is 127. The second-order valence-corrected chi connectivity index (χ2v) is 4.33. The molecule has 68 valence electrons. The zero-order valence-electron chi connectivity index (χ0n) is 6.39. The van der Waals surface area contributed by atoms with Crippen molar-refractivity contribution in [3.63, 3.8) is 0 Å². The first-order valence-corrected chi connectivity index (χ1v) is 5.35. The lowest BCUT2D eigenvalue weighted by atomic mass is 10.2. The maximum atomic E-state index is 5.93. The van der Waals surface area contributed by atoms with Gasteiger partial charge in [-0.3, -0.25) is 8.92 Å². The summed E-state index contributed by atoms with van der Waals surface area (Å²) in [5.41, 5.74) is 1.89. The highest BCUT2D eigenvalue weighted by Crippen LogP contribution is 2.27. The lowest BCUT2D eigenvalue weighted by molar-refractivity contribution is 1.32. The number of halogens is 3. The first-order chi connectivity index (χ1) is 6.22. The number of benzene rings is 1. The van der Waals surface area contributed by atoms with E-state index in [0.29, 0.717) is 0 Å². The van der Waals surface area contributed by atoms with Crippen LogP contribution in [0.1, 0.15) is 0 Å². The molecule has 0 radical (unpaired) electrons. The lowest BCUT2D eigenvalue weighted by Gasteiger charge is -2.01. The average Bonchev–Trinajstić information content (AvgIpc) is 2.48. The van der Waals surface area contributed by atoms with Crippen LogP contribution >= 0.6 is 46.1 Å². The third kappa shape index (κ3) is 1.60. The Bertz CT molecular complexity index is 453. The van der Waals surface area contributed by atoms with E-state index in [1.54, 1.807) is 4.09 Å². The molecular weight excluding hydrogens is 322 g/mol. The van der Waals surface area contributed by atoms with Gasteiger partial charge in [-0.1, -0.05) is 0 Å². The molecule has 0 saturated carbocycles. The summed E-state index contributed by atoms with van der Waals surface area (Å²) in [4.78, 5) is 2.58. The monoisotopic (exact) mass is 326 g/mol. The Morgan fingerprint density at radius 1 is 1.38 bits per heavy atom. The smallest absolute Gasteiger partial charge is 0.0782 e. The van der Waals surface area contributed by atoms with E-state index in [-0.39, 0.29) is 0 Å². The summed E-state index contributed by atoms with van der Waals surface area (Å²) >= 11 is 13.7. The number of fused-ring (bicyclic) bond motifs is 1. The van der Waals surface area contributed by atoms with Crippen LogP contribution in [0, 0.1) is 3.57 Å². The summed E-state index contributed by atoms with van der Waals surface area (Å²) in [6.45, 7) is 0. The van der Waals surface area contributed by atoms with Gasteiger partial charge in [0.2, 0.25) is 0 Å². The maximum Gasteiger partial charge on any atom is 0.0782 e. The summed E-state index contributed by atoms with van der Waals surface area (Å²) in [7, 11) is 0. The van der Waals surface area contributed by atoms with Crippen LogP contribution in [0.4, 0.5) is 5.69 Å². The normalized spacial score (nSPS) is 10.7. The fourth-order valence-corrected chi connectivity index (χ4v) is 2.65. The van der Waals surface area contributed by atoms with E-state index in [0.717, 1.165) is 20.2 Å². The molecule has 0 aliphatic carbocycles. The molecule has 2 nitrogen and oxygen atoms in total. The van der Waals surface area contributed by atoms with Crippen molar-refractivity contribution in [2.45, 2.75) is 0 Å². The SMILES string of the molecule is ClNc1cc(I)c2c(ccn2Cl)c1. The molecule has 0 fully saturated rings. The van der Waals surface area contributed by atoms with Crippen LogP contribution in [0.25, 0.3) is 10.9 Å². The predicted molar refractivity (Wildman–Crippen MR) is 65.4 cm³/mol. The van der Waals surface area contributed by atoms with Crippen molar-refractivity contribution in [1.82, 2.24) is 4.09 Å². The van der Waals surface area contributed by atoms with Gasteiger partial charge in [-0.25, -0.2) is 0 Å². The van der Waals surface area contributed by atoms with Crippen molar-refractivity contribution < 1.29 is 0 Å². The molecule has 1 heterocycles. The Kier molecular flexibility index (Phi) is 2.58. The summed E-state index contributed by atoms with van der Waals surface area (Å²) in [6.07, 6.45) is 1.81. The van der Waals surface area contributed by atoms with Gasteiger partial charge in [-0.2, -0.15) is 0 Å². The minimum atomic E-state index is 0.876. The van der Waals surface area contributed by atoms with Crippen LogP contribution in [0.15, 0.2) is 24.4 Å². The van der Waals surface area contributed by atoms with E-state index in [4.69, 9.17) is 23.6 Å². The molecule has 0 unspecified atom stereocenters. The molecule has 1 aromatic carbocycles. The number of nitrogens with zero attached hydrogens (tertiary/aromatic N) is 1. The predicted octanol–water partition coefficient (Wildman–Crippen LogP) is 3.81. The molecular formula is C8H5Cl2IN2. The van der Waals surface area contributed by atoms with Gasteiger partial charge in [0.25, 0.3) is 0 Å². The molecule has 0 aliphatic rings. The van der Waals surface area contributed by atoms with Crippen LogP contribution in [0.2, 0.25) is 0 Å². The third-order valence-electron chi connectivity index (χ3n) is 1.80. The molecule has 2 aromatic rings. The number of hydrogen-bond donors (Lipinski definition) is 1. The fourth-order valence-electron chi connectivity index (χ4n) is 1.25. The van der Waals surface area contributed by atoms with Crippen molar-refractivity contribution in [1.29, 1.82) is 0 Å². The topological polar surface area (TPSA) is 17.0 Å². The van der Waals surface area contributed by atoms with Gasteiger partial charge >= 0.3 is 0 Å². The fraction of sp³-hybridized carbons (Fsp3) is 0. The second kappa shape index (κ2) is 3.55. The van der Waals surface area contributed by atoms with E-state index in [9.17, 15) is 0 Å². The number of rotatable bonds is 1. The van der Waals surface area contributed by atoms with Crippen molar-refractivity contribution in [2.75, 3.05) is 4.84 Å². The van der Waals surface area contributed by atoms with Gasteiger partial charge in [0, 0.05) is 38.7 Å². The molecule has 1 aromatic heterocycles. The Balaban J connectivity index is 2.79. The number of anilines is 1. The van der Waals surface area contributed by atoms with Crippen LogP contribution in [-0.4, -0.2) is 4.09 Å². The number of hydrogen-bond acceptors (Lipinski definition) is 1. The highest BCUT2D eigenvalue weighted by Gasteiger charge is 2.05. The summed E-state index contributed by atoms with van der Waals surface area (Å²) in [5.74, 6) is 0. The van der Waals surface area contributed by atoms with Crippen molar-refractivity contribution in [2.24, 2.45) is 0 Å². The Hall–Kier alpha value is -0.130. The summed E-state index contributed by atoms with van der Waals surface area (Å²) in [6, 6.07) is 5.83. The third-order valence-corrected chi connectivity index (χ3v) is 3.12. The van der Waals surface area contributed by atoms with Crippen LogP contribution in [0.3, 0.4) is 0 Å². The second-order valence-electron chi connectivity index (χ2n) is 2.62. The van der Waals surface area contributed by atoms with E-state index in [1.807, 2.05) is 24.4 Å². The molecule has 0 saturated heterocycles. The molecule has 0 spiro atoms. The van der Waals surface area contributed by atoms with Crippen LogP contribution in [-0.2, 0) is 0 Å². The summed E-state index contributed by atoms with van der Waals surface area (Å²) in [5, 5.41) is 1.07. The van der Waals surface area contributed by atoms with Crippen molar-refractivity contribution >= 4 is 62.7 Å². The first-order valence-electron chi connectivity index (χ1n) is 3.56. The zero-order valence-corrected chi connectivity index (χ0v) is 10.1. The lowest BCUT2D eigenvalue weighted by Crippen LogP contribution is -1.85. The number of nitrogens with one attached hydrogen (secondary N) is 1.